The molecule has 0 radical (unpaired) electrons. The Morgan fingerprint density at radius 3 is 2.86 bits per heavy atom. The molecule has 3 aromatic rings. The number of terminal acetylenes is 1. The lowest BCUT2D eigenvalue weighted by Crippen LogP contribution is -2.19. The summed E-state index contributed by atoms with van der Waals surface area (Å²) in [7, 11) is 1.61. The van der Waals surface area contributed by atoms with Crippen LogP contribution in [0.1, 0.15) is 43.0 Å². The summed E-state index contributed by atoms with van der Waals surface area (Å²) in [5.41, 5.74) is 3.96. The molecular formula is C21H22N8. The molecule has 3 aromatic heterocycles. The highest BCUT2D eigenvalue weighted by Gasteiger charge is 2.18. The summed E-state index contributed by atoms with van der Waals surface area (Å²) >= 11 is 0. The summed E-state index contributed by atoms with van der Waals surface area (Å²) < 4.78 is 3.38. The van der Waals surface area contributed by atoms with Crippen LogP contribution < -0.4 is 0 Å². The lowest BCUT2D eigenvalue weighted by molar-refractivity contribution is 0.805. The number of aliphatic imine (C=N–C) groups is 1. The molecule has 0 aliphatic rings. The SMILES string of the molecule is C#C/C=C(/C#N)C(=NC)n1nccc1Cc1ncn2nc(CC)nc2c1CCC. The van der Waals surface area contributed by atoms with Gasteiger partial charge in [-0.25, -0.2) is 19.2 Å². The summed E-state index contributed by atoms with van der Waals surface area (Å²) in [5.74, 6) is 3.58. The first-order valence-electron chi connectivity index (χ1n) is 9.45. The topological polar surface area (TPSA) is 97.0 Å². The van der Waals surface area contributed by atoms with Crippen LogP contribution in [0.3, 0.4) is 0 Å². The van der Waals surface area contributed by atoms with Crippen molar-refractivity contribution in [1.29, 1.82) is 5.26 Å². The molecule has 0 unspecified atom stereocenters. The summed E-state index contributed by atoms with van der Waals surface area (Å²) in [6.45, 7) is 4.16. The Bertz CT molecular complexity index is 1160. The third-order valence-corrected chi connectivity index (χ3v) is 4.50. The minimum absolute atomic E-state index is 0.280. The number of nitrogens with zero attached hydrogens (tertiary/aromatic N) is 8. The molecule has 8 heteroatoms. The molecule has 0 aliphatic heterocycles. The average molecular weight is 386 g/mol. The molecule has 0 saturated heterocycles. The van der Waals surface area contributed by atoms with E-state index in [1.54, 1.807) is 28.8 Å². The molecule has 3 heterocycles. The number of hydrogen-bond donors (Lipinski definition) is 0. The molecule has 0 amide bonds. The largest absolute Gasteiger partial charge is 0.269 e. The van der Waals surface area contributed by atoms with Crippen molar-refractivity contribution in [2.75, 3.05) is 7.05 Å². The highest BCUT2D eigenvalue weighted by atomic mass is 15.3. The van der Waals surface area contributed by atoms with Crippen molar-refractivity contribution in [3.05, 3.63) is 53.0 Å². The molecule has 29 heavy (non-hydrogen) atoms. The Kier molecular flexibility index (Phi) is 6.16. The molecule has 3 rings (SSSR count). The van der Waals surface area contributed by atoms with Gasteiger partial charge in [0.05, 0.1) is 11.4 Å². The summed E-state index contributed by atoms with van der Waals surface area (Å²) in [6.07, 6.45) is 13.2. The fourth-order valence-corrected chi connectivity index (χ4v) is 3.18. The van der Waals surface area contributed by atoms with E-state index >= 15 is 0 Å². The Labute approximate surface area is 169 Å². The van der Waals surface area contributed by atoms with Gasteiger partial charge in [0.2, 0.25) is 0 Å². The maximum absolute atomic E-state index is 9.43. The van der Waals surface area contributed by atoms with Gasteiger partial charge in [-0.2, -0.15) is 10.4 Å². The van der Waals surface area contributed by atoms with Gasteiger partial charge in [-0.15, -0.1) is 11.5 Å². The minimum atomic E-state index is 0.280. The van der Waals surface area contributed by atoms with E-state index in [0.29, 0.717) is 12.3 Å². The van der Waals surface area contributed by atoms with Crippen molar-refractivity contribution in [2.45, 2.75) is 39.5 Å². The van der Waals surface area contributed by atoms with E-state index in [1.165, 1.54) is 6.08 Å². The second-order valence-corrected chi connectivity index (χ2v) is 6.36. The van der Waals surface area contributed by atoms with Crippen LogP contribution in [0.15, 0.2) is 35.2 Å². The number of aryl methyl sites for hydroxylation is 2. The Morgan fingerprint density at radius 2 is 2.21 bits per heavy atom. The average Bonchev–Trinajstić information content (AvgIpc) is 3.36. The zero-order valence-electron chi connectivity index (χ0n) is 16.8. The molecule has 0 fully saturated rings. The fourth-order valence-electron chi connectivity index (χ4n) is 3.18. The van der Waals surface area contributed by atoms with Crippen LogP contribution >= 0.6 is 0 Å². The van der Waals surface area contributed by atoms with Crippen LogP contribution in [-0.4, -0.2) is 42.2 Å². The van der Waals surface area contributed by atoms with Gasteiger partial charge in [0.15, 0.2) is 17.3 Å². The minimum Gasteiger partial charge on any atom is -0.269 e. The number of fused-ring (bicyclic) bond motifs is 1. The quantitative estimate of drug-likeness (QED) is 0.280. The van der Waals surface area contributed by atoms with E-state index < -0.39 is 0 Å². The van der Waals surface area contributed by atoms with E-state index in [9.17, 15) is 5.26 Å². The smallest absolute Gasteiger partial charge is 0.167 e. The molecule has 0 saturated carbocycles. The first kappa shape index (κ1) is 20.0. The van der Waals surface area contributed by atoms with Crippen molar-refractivity contribution in [3.63, 3.8) is 0 Å². The van der Waals surface area contributed by atoms with Crippen LogP contribution in [-0.2, 0) is 19.3 Å². The number of nitriles is 1. The molecule has 0 aromatic carbocycles. The van der Waals surface area contributed by atoms with Gasteiger partial charge < -0.3 is 0 Å². The third-order valence-electron chi connectivity index (χ3n) is 4.50. The monoisotopic (exact) mass is 386 g/mol. The summed E-state index contributed by atoms with van der Waals surface area (Å²) in [6, 6.07) is 3.98. The lowest BCUT2D eigenvalue weighted by Gasteiger charge is -2.11. The van der Waals surface area contributed by atoms with Gasteiger partial charge in [-0.05, 0) is 12.5 Å². The second-order valence-electron chi connectivity index (χ2n) is 6.36. The Hall–Kier alpha value is -3.78. The Balaban J connectivity index is 2.06. The van der Waals surface area contributed by atoms with Crippen LogP contribution in [0.25, 0.3) is 5.65 Å². The number of hydrogen-bond acceptors (Lipinski definition) is 6. The van der Waals surface area contributed by atoms with Crippen molar-refractivity contribution in [1.82, 2.24) is 29.4 Å². The Morgan fingerprint density at radius 1 is 1.38 bits per heavy atom. The normalized spacial score (nSPS) is 12.2. The van der Waals surface area contributed by atoms with Crippen LogP contribution in [0.4, 0.5) is 0 Å². The van der Waals surface area contributed by atoms with E-state index in [1.807, 2.05) is 13.0 Å². The first-order chi connectivity index (χ1) is 14.2. The van der Waals surface area contributed by atoms with Crippen LogP contribution in [0.2, 0.25) is 0 Å². The fraction of sp³-hybridized carbons (Fsp3) is 0.333. The zero-order valence-corrected chi connectivity index (χ0v) is 16.8. The van der Waals surface area contributed by atoms with Gasteiger partial charge >= 0.3 is 0 Å². The van der Waals surface area contributed by atoms with Crippen molar-refractivity contribution in [2.24, 2.45) is 4.99 Å². The second kappa shape index (κ2) is 8.94. The zero-order chi connectivity index (χ0) is 20.8. The van der Waals surface area contributed by atoms with Crippen molar-refractivity contribution < 1.29 is 0 Å². The molecule has 0 spiro atoms. The van der Waals surface area contributed by atoms with E-state index in [-0.39, 0.29) is 5.57 Å². The standard InChI is InChI=1S/C21H22N8/c1-5-8-15(13-22)20(23-4)29-16(10-11-25-29)12-18-17(9-6-2)21-26-19(7-3)27-28(21)14-24-18/h1,8,10-11,14H,6-7,9,12H2,2-4H3/b15-8-,23-20?. The predicted octanol–water partition coefficient (Wildman–Crippen LogP) is 2.39. The summed E-state index contributed by atoms with van der Waals surface area (Å²) in [5, 5.41) is 18.3. The van der Waals surface area contributed by atoms with E-state index in [0.717, 1.165) is 47.7 Å². The maximum Gasteiger partial charge on any atom is 0.167 e. The van der Waals surface area contributed by atoms with E-state index in [2.05, 4.69) is 44.1 Å². The number of rotatable bonds is 6. The number of aromatic nitrogens is 6. The van der Waals surface area contributed by atoms with Gasteiger partial charge in [-0.3, -0.25) is 4.99 Å². The number of allylic oxidation sites excluding steroid dienone is 2. The molecule has 0 bridgehead atoms. The summed E-state index contributed by atoms with van der Waals surface area (Å²) in [4.78, 5) is 13.5. The molecule has 0 aliphatic carbocycles. The molecule has 0 atom stereocenters. The van der Waals surface area contributed by atoms with Crippen LogP contribution in [0.5, 0.6) is 0 Å². The molecular weight excluding hydrogens is 364 g/mol. The van der Waals surface area contributed by atoms with Crippen LogP contribution in [0, 0.1) is 23.7 Å². The predicted molar refractivity (Wildman–Crippen MR) is 110 cm³/mol. The van der Waals surface area contributed by atoms with Gasteiger partial charge in [0.1, 0.15) is 18.0 Å². The highest BCUT2D eigenvalue weighted by Crippen LogP contribution is 2.19. The van der Waals surface area contributed by atoms with Gasteiger partial charge in [-0.1, -0.05) is 26.2 Å². The first-order valence-corrected chi connectivity index (χ1v) is 9.45. The molecule has 146 valence electrons. The third kappa shape index (κ3) is 3.92. The van der Waals surface area contributed by atoms with E-state index in [4.69, 9.17) is 6.42 Å². The molecule has 0 N–H and O–H groups in total. The van der Waals surface area contributed by atoms with Gasteiger partial charge in [0.25, 0.3) is 0 Å². The maximum atomic E-state index is 9.43. The van der Waals surface area contributed by atoms with Gasteiger partial charge in [0, 0.05) is 37.7 Å². The van der Waals surface area contributed by atoms with Crippen molar-refractivity contribution >= 4 is 11.5 Å². The van der Waals surface area contributed by atoms with Crippen molar-refractivity contribution in [3.8, 4) is 18.4 Å². The highest BCUT2D eigenvalue weighted by molar-refractivity contribution is 6.03. The molecule has 8 nitrogen and oxygen atoms in total. The lowest BCUT2D eigenvalue weighted by atomic mass is 10.1.